The van der Waals surface area contributed by atoms with Crippen molar-refractivity contribution >= 4 is 23.2 Å². The third-order valence-electron chi connectivity index (χ3n) is 3.47. The molecule has 0 atom stereocenters. The van der Waals surface area contributed by atoms with Gasteiger partial charge in [0.05, 0.1) is 5.02 Å². The van der Waals surface area contributed by atoms with Crippen LogP contribution in [0.4, 0.5) is 5.69 Å². The molecule has 0 aromatic heterocycles. The highest BCUT2D eigenvalue weighted by atomic mass is 35.5. The Morgan fingerprint density at radius 3 is 2.17 bits per heavy atom. The number of hydrogen-bond acceptors (Lipinski definition) is 2. The van der Waals surface area contributed by atoms with Crippen molar-refractivity contribution in [2.45, 2.75) is 0 Å². The minimum atomic E-state index is -0.234. The Morgan fingerprint density at radius 2 is 1.46 bits per heavy atom. The lowest BCUT2D eigenvalue weighted by Crippen LogP contribution is -2.20. The predicted molar refractivity (Wildman–Crippen MR) is 97.5 cm³/mol. The molecule has 1 N–H and O–H groups in total. The molecule has 24 heavy (non-hydrogen) atoms. The molecule has 0 saturated heterocycles. The van der Waals surface area contributed by atoms with Crippen molar-refractivity contribution < 1.29 is 9.53 Å². The smallest absolute Gasteiger partial charge is 0.262 e. The molecule has 3 rings (SSSR count). The monoisotopic (exact) mass is 337 g/mol. The first kappa shape index (κ1) is 16.1. The van der Waals surface area contributed by atoms with Crippen LogP contribution in [0.25, 0.3) is 11.1 Å². The van der Waals surface area contributed by atoms with Gasteiger partial charge in [0.2, 0.25) is 0 Å². The molecule has 1 amide bonds. The Kier molecular flexibility index (Phi) is 5.14. The van der Waals surface area contributed by atoms with E-state index in [1.807, 2.05) is 60.7 Å². The summed E-state index contributed by atoms with van der Waals surface area (Å²) in [5, 5.41) is 3.29. The summed E-state index contributed by atoms with van der Waals surface area (Å²) >= 11 is 5.99. The third kappa shape index (κ3) is 4.15. The largest absolute Gasteiger partial charge is 0.482 e. The van der Waals surface area contributed by atoms with Crippen molar-refractivity contribution in [3.8, 4) is 16.9 Å². The molecule has 3 nitrogen and oxygen atoms in total. The molecule has 0 aliphatic carbocycles. The molecule has 0 bridgehead atoms. The van der Waals surface area contributed by atoms with Crippen LogP contribution in [0.15, 0.2) is 78.9 Å². The molecular weight excluding hydrogens is 322 g/mol. The molecular formula is C20H16ClNO2. The summed E-state index contributed by atoms with van der Waals surface area (Å²) in [5.41, 5.74) is 2.96. The molecule has 0 unspecified atom stereocenters. The maximum atomic E-state index is 12.0. The topological polar surface area (TPSA) is 38.3 Å². The molecule has 0 radical (unpaired) electrons. The quantitative estimate of drug-likeness (QED) is 0.709. The highest BCUT2D eigenvalue weighted by Gasteiger charge is 2.06. The van der Waals surface area contributed by atoms with Crippen molar-refractivity contribution in [2.75, 3.05) is 11.9 Å². The molecule has 0 spiro atoms. The van der Waals surface area contributed by atoms with Crippen LogP contribution in [-0.4, -0.2) is 12.5 Å². The summed E-state index contributed by atoms with van der Waals surface area (Å²) < 4.78 is 5.42. The van der Waals surface area contributed by atoms with Crippen LogP contribution in [0.5, 0.6) is 5.75 Å². The Morgan fingerprint density at radius 1 is 0.833 bits per heavy atom. The first-order valence-electron chi connectivity index (χ1n) is 7.55. The number of para-hydroxylation sites is 1. The van der Waals surface area contributed by atoms with Gasteiger partial charge in [-0.1, -0.05) is 66.2 Å². The molecule has 120 valence electrons. The molecule has 3 aromatic carbocycles. The summed E-state index contributed by atoms with van der Waals surface area (Å²) in [6.45, 7) is -0.0931. The van der Waals surface area contributed by atoms with Crippen molar-refractivity contribution in [1.82, 2.24) is 0 Å². The van der Waals surface area contributed by atoms with E-state index in [-0.39, 0.29) is 12.5 Å². The molecule has 0 aliphatic heterocycles. The molecule has 0 saturated carbocycles. The van der Waals surface area contributed by atoms with Crippen LogP contribution in [0.1, 0.15) is 0 Å². The van der Waals surface area contributed by atoms with Gasteiger partial charge in [0.25, 0.3) is 5.91 Å². The predicted octanol–water partition coefficient (Wildman–Crippen LogP) is 5.02. The van der Waals surface area contributed by atoms with E-state index in [4.69, 9.17) is 16.3 Å². The van der Waals surface area contributed by atoms with Crippen molar-refractivity contribution in [3.05, 3.63) is 83.9 Å². The summed E-state index contributed by atoms with van der Waals surface area (Å²) in [6, 6.07) is 24.8. The van der Waals surface area contributed by atoms with Gasteiger partial charge in [0, 0.05) is 5.69 Å². The van der Waals surface area contributed by atoms with E-state index in [0.29, 0.717) is 10.8 Å². The number of anilines is 1. The normalized spacial score (nSPS) is 10.2. The molecule has 0 aliphatic rings. The standard InChI is InChI=1S/C20H16ClNO2/c21-18-8-4-5-9-19(18)24-14-20(23)22-17-12-10-16(11-13-17)15-6-2-1-3-7-15/h1-13H,14H2,(H,22,23). The molecule has 0 fully saturated rings. The summed E-state index contributed by atoms with van der Waals surface area (Å²) in [5.74, 6) is 0.260. The first-order chi connectivity index (χ1) is 11.7. The van der Waals surface area contributed by atoms with Crippen LogP contribution in [-0.2, 0) is 4.79 Å². The van der Waals surface area contributed by atoms with Crippen LogP contribution in [0, 0.1) is 0 Å². The number of carbonyl (C=O) groups excluding carboxylic acids is 1. The molecule has 4 heteroatoms. The number of ether oxygens (including phenoxy) is 1. The average Bonchev–Trinajstić information content (AvgIpc) is 2.62. The number of amides is 1. The second-order valence-corrected chi connectivity index (χ2v) is 5.62. The van der Waals surface area contributed by atoms with Crippen molar-refractivity contribution in [1.29, 1.82) is 0 Å². The van der Waals surface area contributed by atoms with Crippen LogP contribution in [0.3, 0.4) is 0 Å². The molecule has 0 heterocycles. The summed E-state index contributed by atoms with van der Waals surface area (Å²) in [7, 11) is 0. The second kappa shape index (κ2) is 7.66. The number of rotatable bonds is 5. The second-order valence-electron chi connectivity index (χ2n) is 5.21. The highest BCUT2D eigenvalue weighted by molar-refractivity contribution is 6.32. The number of benzene rings is 3. The lowest BCUT2D eigenvalue weighted by atomic mass is 10.1. The fraction of sp³-hybridized carbons (Fsp3) is 0.0500. The average molecular weight is 338 g/mol. The van der Waals surface area contributed by atoms with Gasteiger partial charge in [0.1, 0.15) is 5.75 Å². The lowest BCUT2D eigenvalue weighted by Gasteiger charge is -2.09. The minimum absolute atomic E-state index is 0.0931. The van der Waals surface area contributed by atoms with Gasteiger partial charge in [-0.3, -0.25) is 4.79 Å². The Balaban J connectivity index is 1.58. The first-order valence-corrected chi connectivity index (χ1v) is 7.93. The maximum Gasteiger partial charge on any atom is 0.262 e. The van der Waals surface area contributed by atoms with Gasteiger partial charge in [-0.15, -0.1) is 0 Å². The fourth-order valence-electron chi connectivity index (χ4n) is 2.28. The van der Waals surface area contributed by atoms with E-state index >= 15 is 0 Å². The van der Waals surface area contributed by atoms with Gasteiger partial charge < -0.3 is 10.1 Å². The van der Waals surface area contributed by atoms with Crippen molar-refractivity contribution in [2.24, 2.45) is 0 Å². The van der Waals surface area contributed by atoms with Gasteiger partial charge in [0.15, 0.2) is 6.61 Å². The Labute approximate surface area is 145 Å². The zero-order valence-corrected chi connectivity index (χ0v) is 13.7. The van der Waals surface area contributed by atoms with E-state index in [0.717, 1.165) is 16.8 Å². The summed E-state index contributed by atoms with van der Waals surface area (Å²) in [6.07, 6.45) is 0. The number of nitrogens with one attached hydrogen (secondary N) is 1. The fourth-order valence-corrected chi connectivity index (χ4v) is 2.47. The minimum Gasteiger partial charge on any atom is -0.482 e. The van der Waals surface area contributed by atoms with E-state index in [9.17, 15) is 4.79 Å². The van der Waals surface area contributed by atoms with Gasteiger partial charge >= 0.3 is 0 Å². The SMILES string of the molecule is O=C(COc1ccccc1Cl)Nc1ccc(-c2ccccc2)cc1. The Bertz CT molecular complexity index is 817. The number of hydrogen-bond donors (Lipinski definition) is 1. The van der Waals surface area contributed by atoms with E-state index in [1.54, 1.807) is 18.2 Å². The zero-order valence-electron chi connectivity index (χ0n) is 12.9. The zero-order chi connectivity index (χ0) is 16.8. The maximum absolute atomic E-state index is 12.0. The van der Waals surface area contributed by atoms with E-state index in [1.165, 1.54) is 0 Å². The van der Waals surface area contributed by atoms with Crippen LogP contribution >= 0.6 is 11.6 Å². The summed E-state index contributed by atoms with van der Waals surface area (Å²) in [4.78, 5) is 12.0. The lowest BCUT2D eigenvalue weighted by molar-refractivity contribution is -0.118. The van der Waals surface area contributed by atoms with Crippen molar-refractivity contribution in [3.63, 3.8) is 0 Å². The van der Waals surface area contributed by atoms with Gasteiger partial charge in [-0.25, -0.2) is 0 Å². The van der Waals surface area contributed by atoms with E-state index < -0.39 is 0 Å². The van der Waals surface area contributed by atoms with Gasteiger partial charge in [-0.05, 0) is 35.4 Å². The van der Waals surface area contributed by atoms with Gasteiger partial charge in [-0.2, -0.15) is 0 Å². The van der Waals surface area contributed by atoms with Crippen LogP contribution < -0.4 is 10.1 Å². The number of halogens is 1. The van der Waals surface area contributed by atoms with Crippen LogP contribution in [0.2, 0.25) is 5.02 Å². The Hall–Kier alpha value is -2.78. The molecule has 3 aromatic rings. The van der Waals surface area contributed by atoms with E-state index in [2.05, 4.69) is 5.32 Å². The third-order valence-corrected chi connectivity index (χ3v) is 3.78. The highest BCUT2D eigenvalue weighted by Crippen LogP contribution is 2.23. The number of carbonyl (C=O) groups is 1.